The fourth-order valence-electron chi connectivity index (χ4n) is 1.29. The van der Waals surface area contributed by atoms with Crippen molar-refractivity contribution < 1.29 is 4.84 Å². The van der Waals surface area contributed by atoms with Crippen molar-refractivity contribution >= 4 is 21.6 Å². The molecule has 0 aliphatic rings. The van der Waals surface area contributed by atoms with E-state index in [1.165, 1.54) is 7.11 Å². The Morgan fingerprint density at radius 1 is 1.53 bits per heavy atom. The highest BCUT2D eigenvalue weighted by molar-refractivity contribution is 9.09. The van der Waals surface area contributed by atoms with Crippen molar-refractivity contribution in [1.29, 1.82) is 5.26 Å². The van der Waals surface area contributed by atoms with E-state index in [1.54, 1.807) is 0 Å². The van der Waals surface area contributed by atoms with Crippen LogP contribution in [0, 0.1) is 11.3 Å². The second-order valence-electron chi connectivity index (χ2n) is 2.83. The van der Waals surface area contributed by atoms with Gasteiger partial charge in [-0.2, -0.15) is 5.26 Å². The summed E-state index contributed by atoms with van der Waals surface area (Å²) in [5, 5.41) is 13.5. The summed E-state index contributed by atoms with van der Waals surface area (Å²) in [7, 11) is 1.43. The lowest BCUT2D eigenvalue weighted by atomic mass is 10.0. The van der Waals surface area contributed by atoms with Gasteiger partial charge in [-0.3, -0.25) is 0 Å². The standard InChI is InChI=1S/C11H11BrN2O/c1-15-14-11(8-13)10-5-3-2-4-9(10)6-7-12/h2-5H,6-7H2,1H3. The Kier molecular flexibility index (Phi) is 4.85. The van der Waals surface area contributed by atoms with Gasteiger partial charge in [-0.25, -0.2) is 0 Å². The zero-order valence-corrected chi connectivity index (χ0v) is 9.99. The highest BCUT2D eigenvalue weighted by atomic mass is 79.9. The topological polar surface area (TPSA) is 45.4 Å². The number of nitriles is 1. The molecule has 0 saturated heterocycles. The predicted molar refractivity (Wildman–Crippen MR) is 63.1 cm³/mol. The molecule has 0 aliphatic carbocycles. The molecule has 0 fully saturated rings. The van der Waals surface area contributed by atoms with Gasteiger partial charge >= 0.3 is 0 Å². The van der Waals surface area contributed by atoms with Gasteiger partial charge < -0.3 is 4.84 Å². The summed E-state index contributed by atoms with van der Waals surface area (Å²) in [4.78, 5) is 4.64. The number of hydrogen-bond donors (Lipinski definition) is 0. The third-order valence-corrected chi connectivity index (χ3v) is 2.32. The first kappa shape index (κ1) is 11.7. The molecule has 0 aromatic heterocycles. The number of alkyl halides is 1. The van der Waals surface area contributed by atoms with Crippen LogP contribution >= 0.6 is 15.9 Å². The Morgan fingerprint density at radius 2 is 2.27 bits per heavy atom. The second-order valence-corrected chi connectivity index (χ2v) is 3.62. The minimum absolute atomic E-state index is 0.314. The molecule has 1 aromatic carbocycles. The Bertz CT molecular complexity index is 396. The summed E-state index contributed by atoms with van der Waals surface area (Å²) in [6.07, 6.45) is 0.862. The highest BCUT2D eigenvalue weighted by Crippen LogP contribution is 2.12. The molecule has 0 radical (unpaired) electrons. The number of halogens is 1. The molecule has 1 aromatic rings. The van der Waals surface area contributed by atoms with Crippen LogP contribution < -0.4 is 0 Å². The summed E-state index contributed by atoms with van der Waals surface area (Å²) in [5.41, 5.74) is 2.24. The lowest BCUT2D eigenvalue weighted by Crippen LogP contribution is -2.03. The minimum atomic E-state index is 0.314. The van der Waals surface area contributed by atoms with E-state index in [2.05, 4.69) is 25.9 Å². The number of oxime groups is 1. The summed E-state index contributed by atoms with van der Waals surface area (Å²) in [6, 6.07) is 9.72. The third-order valence-electron chi connectivity index (χ3n) is 1.92. The Balaban J connectivity index is 3.12. The molecular weight excluding hydrogens is 256 g/mol. The minimum Gasteiger partial charge on any atom is -0.398 e. The number of nitrogens with zero attached hydrogens (tertiary/aromatic N) is 2. The molecule has 15 heavy (non-hydrogen) atoms. The van der Waals surface area contributed by atoms with Crippen LogP contribution in [0.2, 0.25) is 0 Å². The molecule has 0 spiro atoms. The first-order valence-electron chi connectivity index (χ1n) is 4.49. The lowest BCUT2D eigenvalue weighted by Gasteiger charge is -2.04. The van der Waals surface area contributed by atoms with E-state index in [0.29, 0.717) is 5.71 Å². The number of hydrogen-bond acceptors (Lipinski definition) is 3. The number of benzene rings is 1. The smallest absolute Gasteiger partial charge is 0.187 e. The van der Waals surface area contributed by atoms with Gasteiger partial charge in [0.2, 0.25) is 0 Å². The molecule has 0 aliphatic heterocycles. The number of aryl methyl sites for hydroxylation is 1. The molecule has 78 valence electrons. The fourth-order valence-corrected chi connectivity index (χ4v) is 1.72. The molecule has 0 bridgehead atoms. The van der Waals surface area contributed by atoms with Crippen molar-refractivity contribution in [2.75, 3.05) is 12.4 Å². The fraction of sp³-hybridized carbons (Fsp3) is 0.273. The normalized spacial score (nSPS) is 10.9. The summed E-state index contributed by atoms with van der Waals surface area (Å²) < 4.78 is 0. The van der Waals surface area contributed by atoms with E-state index in [9.17, 15) is 0 Å². The van der Waals surface area contributed by atoms with Gasteiger partial charge in [0.15, 0.2) is 5.71 Å². The molecule has 0 saturated carbocycles. The van der Waals surface area contributed by atoms with E-state index in [1.807, 2.05) is 30.3 Å². The van der Waals surface area contributed by atoms with Crippen LogP contribution in [0.3, 0.4) is 0 Å². The largest absolute Gasteiger partial charge is 0.398 e. The predicted octanol–water partition coefficient (Wildman–Crippen LogP) is 2.50. The van der Waals surface area contributed by atoms with E-state index in [4.69, 9.17) is 5.26 Å². The molecule has 1 rings (SSSR count). The van der Waals surface area contributed by atoms with Crippen LogP contribution in [-0.4, -0.2) is 18.2 Å². The average Bonchev–Trinajstić information content (AvgIpc) is 2.27. The Labute approximate surface area is 97.5 Å². The van der Waals surface area contributed by atoms with Gasteiger partial charge in [-0.05, 0) is 12.0 Å². The van der Waals surface area contributed by atoms with E-state index in [-0.39, 0.29) is 0 Å². The lowest BCUT2D eigenvalue weighted by molar-refractivity contribution is 0.214. The average molecular weight is 267 g/mol. The van der Waals surface area contributed by atoms with Gasteiger partial charge in [-0.1, -0.05) is 45.4 Å². The van der Waals surface area contributed by atoms with Crippen LogP contribution in [0.15, 0.2) is 29.4 Å². The molecule has 0 unspecified atom stereocenters. The molecule has 3 nitrogen and oxygen atoms in total. The molecule has 0 atom stereocenters. The monoisotopic (exact) mass is 266 g/mol. The zero-order valence-electron chi connectivity index (χ0n) is 8.40. The van der Waals surface area contributed by atoms with Crippen molar-refractivity contribution in [2.45, 2.75) is 6.42 Å². The molecule has 4 heteroatoms. The highest BCUT2D eigenvalue weighted by Gasteiger charge is 2.08. The second kappa shape index (κ2) is 6.20. The van der Waals surface area contributed by atoms with Crippen LogP contribution in [-0.2, 0) is 11.3 Å². The maximum absolute atomic E-state index is 8.93. The van der Waals surface area contributed by atoms with E-state index >= 15 is 0 Å². The maximum atomic E-state index is 8.93. The third kappa shape index (κ3) is 3.07. The van der Waals surface area contributed by atoms with Gasteiger partial charge in [0, 0.05) is 10.9 Å². The summed E-state index contributed by atoms with van der Waals surface area (Å²) in [6.45, 7) is 0. The van der Waals surface area contributed by atoms with Crippen molar-refractivity contribution in [1.82, 2.24) is 0 Å². The Hall–Kier alpha value is -1.34. The van der Waals surface area contributed by atoms with Crippen LogP contribution in [0.25, 0.3) is 0 Å². The summed E-state index contributed by atoms with van der Waals surface area (Å²) >= 11 is 3.38. The zero-order chi connectivity index (χ0) is 11.1. The van der Waals surface area contributed by atoms with Crippen molar-refractivity contribution in [2.24, 2.45) is 5.16 Å². The van der Waals surface area contributed by atoms with Crippen molar-refractivity contribution in [3.63, 3.8) is 0 Å². The van der Waals surface area contributed by atoms with Crippen LogP contribution in [0.4, 0.5) is 0 Å². The van der Waals surface area contributed by atoms with Crippen molar-refractivity contribution in [3.05, 3.63) is 35.4 Å². The van der Waals surface area contributed by atoms with Gasteiger partial charge in [0.1, 0.15) is 13.2 Å². The molecule has 0 N–H and O–H groups in total. The molecule has 0 heterocycles. The van der Waals surface area contributed by atoms with Gasteiger partial charge in [-0.15, -0.1) is 0 Å². The molecule has 0 amide bonds. The summed E-state index contributed by atoms with van der Waals surface area (Å²) in [5.74, 6) is 0. The van der Waals surface area contributed by atoms with Crippen LogP contribution in [0.5, 0.6) is 0 Å². The quantitative estimate of drug-likeness (QED) is 0.478. The van der Waals surface area contributed by atoms with Crippen molar-refractivity contribution in [3.8, 4) is 6.07 Å². The molecular formula is C11H11BrN2O. The maximum Gasteiger partial charge on any atom is 0.187 e. The first-order chi connectivity index (χ1) is 7.33. The SMILES string of the molecule is CON=C(C#N)c1ccccc1CCBr. The van der Waals surface area contributed by atoms with Crippen LogP contribution in [0.1, 0.15) is 11.1 Å². The Morgan fingerprint density at radius 3 is 2.87 bits per heavy atom. The van der Waals surface area contributed by atoms with E-state index in [0.717, 1.165) is 22.9 Å². The number of rotatable bonds is 4. The van der Waals surface area contributed by atoms with E-state index < -0.39 is 0 Å². The van der Waals surface area contributed by atoms with Gasteiger partial charge in [0.05, 0.1) is 0 Å². The first-order valence-corrected chi connectivity index (χ1v) is 5.61. The van der Waals surface area contributed by atoms with Gasteiger partial charge in [0.25, 0.3) is 0 Å².